The molecule has 3 heteroatoms. The molecule has 0 aliphatic heterocycles. The monoisotopic (exact) mass is 232 g/mol. The molecule has 0 saturated carbocycles. The maximum Gasteiger partial charge on any atom is 0.107 e. The molecule has 2 rings (SSSR count). The van der Waals surface area contributed by atoms with Gasteiger partial charge < -0.3 is 5.73 Å². The van der Waals surface area contributed by atoms with E-state index in [2.05, 4.69) is 36.2 Å². The van der Waals surface area contributed by atoms with E-state index in [0.717, 1.165) is 11.4 Å². The number of nitrogens with two attached hydrogens (primary N) is 1. The van der Waals surface area contributed by atoms with Crippen LogP contribution in [0, 0.1) is 0 Å². The predicted octanol–water partition coefficient (Wildman–Crippen LogP) is 3.22. The first-order valence-corrected chi connectivity index (χ1v) is 6.39. The number of aromatic nitrogens is 1. The Bertz CT molecular complexity index is 445. The summed E-state index contributed by atoms with van der Waals surface area (Å²) < 4.78 is 0. The van der Waals surface area contributed by atoms with Crippen LogP contribution in [0.5, 0.6) is 0 Å². The highest BCUT2D eigenvalue weighted by Gasteiger charge is 2.02. The zero-order chi connectivity index (χ0) is 11.4. The number of rotatable bonds is 4. The summed E-state index contributed by atoms with van der Waals surface area (Å²) in [6, 6.07) is 8.72. The van der Waals surface area contributed by atoms with Gasteiger partial charge in [-0.2, -0.15) is 0 Å². The normalized spacial score (nSPS) is 10.6. The Balaban J connectivity index is 2.20. The molecular weight excluding hydrogens is 216 g/mol. The Labute approximate surface area is 100 Å². The topological polar surface area (TPSA) is 38.9 Å². The van der Waals surface area contributed by atoms with Crippen LogP contribution in [0.15, 0.2) is 30.5 Å². The maximum absolute atomic E-state index is 5.55. The average molecular weight is 232 g/mol. The van der Waals surface area contributed by atoms with Gasteiger partial charge in [-0.25, -0.2) is 4.98 Å². The van der Waals surface area contributed by atoms with Crippen LogP contribution in [0.25, 0.3) is 10.4 Å². The number of thiazole rings is 1. The molecule has 1 aromatic carbocycles. The van der Waals surface area contributed by atoms with Crippen molar-refractivity contribution in [3.8, 4) is 10.4 Å². The molecule has 2 aromatic rings. The van der Waals surface area contributed by atoms with Gasteiger partial charge in [-0.15, -0.1) is 11.3 Å². The molecule has 0 fully saturated rings. The molecule has 0 unspecified atom stereocenters. The SMILES string of the molecule is CCCc1ccc(-c2cnc(CN)s2)cc1. The Kier molecular flexibility index (Phi) is 3.70. The van der Waals surface area contributed by atoms with Crippen molar-refractivity contribution in [3.05, 3.63) is 41.0 Å². The first-order chi connectivity index (χ1) is 7.83. The Hall–Kier alpha value is -1.19. The number of hydrogen-bond acceptors (Lipinski definition) is 3. The quantitative estimate of drug-likeness (QED) is 0.879. The fourth-order valence-electron chi connectivity index (χ4n) is 1.66. The molecule has 1 aromatic heterocycles. The highest BCUT2D eigenvalue weighted by molar-refractivity contribution is 7.15. The van der Waals surface area contributed by atoms with E-state index in [0.29, 0.717) is 6.54 Å². The number of nitrogens with zero attached hydrogens (tertiary/aromatic N) is 1. The van der Waals surface area contributed by atoms with E-state index in [9.17, 15) is 0 Å². The Morgan fingerprint density at radius 2 is 2.00 bits per heavy atom. The summed E-state index contributed by atoms with van der Waals surface area (Å²) in [6.45, 7) is 2.73. The van der Waals surface area contributed by atoms with E-state index in [1.165, 1.54) is 22.4 Å². The Morgan fingerprint density at radius 3 is 2.56 bits per heavy atom. The fraction of sp³-hybridized carbons (Fsp3) is 0.308. The van der Waals surface area contributed by atoms with Gasteiger partial charge in [0.05, 0.1) is 4.88 Å². The van der Waals surface area contributed by atoms with Gasteiger partial charge >= 0.3 is 0 Å². The molecule has 0 bridgehead atoms. The lowest BCUT2D eigenvalue weighted by atomic mass is 10.1. The van der Waals surface area contributed by atoms with Crippen LogP contribution in [0.1, 0.15) is 23.9 Å². The second kappa shape index (κ2) is 5.23. The largest absolute Gasteiger partial charge is 0.325 e. The summed E-state index contributed by atoms with van der Waals surface area (Å²) in [5.41, 5.74) is 8.18. The van der Waals surface area contributed by atoms with Crippen molar-refractivity contribution < 1.29 is 0 Å². The van der Waals surface area contributed by atoms with E-state index in [1.54, 1.807) is 11.3 Å². The molecule has 0 atom stereocenters. The van der Waals surface area contributed by atoms with Crippen LogP contribution in [0.2, 0.25) is 0 Å². The third kappa shape index (κ3) is 2.49. The molecule has 0 saturated heterocycles. The van der Waals surface area contributed by atoms with Gasteiger partial charge in [-0.3, -0.25) is 0 Å². The summed E-state index contributed by atoms with van der Waals surface area (Å²) >= 11 is 1.67. The lowest BCUT2D eigenvalue weighted by Crippen LogP contribution is -1.93. The standard InChI is InChI=1S/C13H16N2S/c1-2-3-10-4-6-11(7-5-10)12-9-15-13(8-14)16-12/h4-7,9H,2-3,8,14H2,1H3. The number of aryl methyl sites for hydroxylation is 1. The van der Waals surface area contributed by atoms with E-state index in [4.69, 9.17) is 5.73 Å². The van der Waals surface area contributed by atoms with Crippen LogP contribution < -0.4 is 5.73 Å². The fourth-order valence-corrected chi connectivity index (χ4v) is 2.46. The minimum atomic E-state index is 0.526. The first kappa shape index (κ1) is 11.3. The molecule has 2 N–H and O–H groups in total. The van der Waals surface area contributed by atoms with Crippen molar-refractivity contribution in [2.45, 2.75) is 26.3 Å². The smallest absolute Gasteiger partial charge is 0.107 e. The number of hydrogen-bond donors (Lipinski definition) is 1. The van der Waals surface area contributed by atoms with Crippen molar-refractivity contribution in [2.24, 2.45) is 5.73 Å². The Morgan fingerprint density at radius 1 is 1.25 bits per heavy atom. The molecule has 0 radical (unpaired) electrons. The molecule has 0 aliphatic rings. The lowest BCUT2D eigenvalue weighted by molar-refractivity contribution is 0.922. The minimum absolute atomic E-state index is 0.526. The average Bonchev–Trinajstić information content (AvgIpc) is 2.79. The summed E-state index contributed by atoms with van der Waals surface area (Å²) in [4.78, 5) is 5.46. The highest BCUT2D eigenvalue weighted by Crippen LogP contribution is 2.26. The van der Waals surface area contributed by atoms with Gasteiger partial charge in [0.1, 0.15) is 5.01 Å². The van der Waals surface area contributed by atoms with Crippen molar-refractivity contribution in [2.75, 3.05) is 0 Å². The number of benzene rings is 1. The molecule has 84 valence electrons. The maximum atomic E-state index is 5.55. The van der Waals surface area contributed by atoms with Crippen molar-refractivity contribution in [1.82, 2.24) is 4.98 Å². The first-order valence-electron chi connectivity index (χ1n) is 5.57. The van der Waals surface area contributed by atoms with Gasteiger partial charge in [0.2, 0.25) is 0 Å². The minimum Gasteiger partial charge on any atom is -0.325 e. The zero-order valence-electron chi connectivity index (χ0n) is 9.44. The van der Waals surface area contributed by atoms with E-state index < -0.39 is 0 Å². The van der Waals surface area contributed by atoms with Gasteiger partial charge in [0, 0.05) is 12.7 Å². The molecule has 2 nitrogen and oxygen atoms in total. The van der Waals surface area contributed by atoms with Crippen LogP contribution >= 0.6 is 11.3 Å². The molecule has 0 amide bonds. The third-order valence-corrected chi connectivity index (χ3v) is 3.57. The van der Waals surface area contributed by atoms with Gasteiger partial charge in [-0.1, -0.05) is 37.6 Å². The second-order valence-electron chi connectivity index (χ2n) is 3.77. The van der Waals surface area contributed by atoms with E-state index in [1.807, 2.05) is 6.20 Å². The summed E-state index contributed by atoms with van der Waals surface area (Å²) in [5, 5.41) is 0.993. The summed E-state index contributed by atoms with van der Waals surface area (Å²) in [7, 11) is 0. The lowest BCUT2D eigenvalue weighted by Gasteiger charge is -2.00. The molecule has 0 aliphatic carbocycles. The summed E-state index contributed by atoms with van der Waals surface area (Å²) in [5.74, 6) is 0. The van der Waals surface area contributed by atoms with Gasteiger partial charge in [0.25, 0.3) is 0 Å². The van der Waals surface area contributed by atoms with Crippen molar-refractivity contribution >= 4 is 11.3 Å². The van der Waals surface area contributed by atoms with Gasteiger partial charge in [0.15, 0.2) is 0 Å². The van der Waals surface area contributed by atoms with E-state index in [-0.39, 0.29) is 0 Å². The van der Waals surface area contributed by atoms with Crippen LogP contribution in [0.3, 0.4) is 0 Å². The van der Waals surface area contributed by atoms with Gasteiger partial charge in [-0.05, 0) is 17.5 Å². The van der Waals surface area contributed by atoms with Crippen molar-refractivity contribution in [3.63, 3.8) is 0 Å². The third-order valence-electron chi connectivity index (χ3n) is 2.51. The van der Waals surface area contributed by atoms with E-state index >= 15 is 0 Å². The molecular formula is C13H16N2S. The second-order valence-corrected chi connectivity index (χ2v) is 4.88. The summed E-state index contributed by atoms with van der Waals surface area (Å²) in [6.07, 6.45) is 4.25. The van der Waals surface area contributed by atoms with Crippen molar-refractivity contribution in [1.29, 1.82) is 0 Å². The van der Waals surface area contributed by atoms with Crippen LogP contribution in [0.4, 0.5) is 0 Å². The molecule has 0 spiro atoms. The zero-order valence-corrected chi connectivity index (χ0v) is 10.3. The molecule has 16 heavy (non-hydrogen) atoms. The van der Waals surface area contributed by atoms with Crippen LogP contribution in [-0.4, -0.2) is 4.98 Å². The predicted molar refractivity (Wildman–Crippen MR) is 69.4 cm³/mol. The highest BCUT2D eigenvalue weighted by atomic mass is 32.1. The van der Waals surface area contributed by atoms with Crippen LogP contribution in [-0.2, 0) is 13.0 Å². The molecule has 1 heterocycles.